The van der Waals surface area contributed by atoms with E-state index >= 15 is 0 Å². The van der Waals surface area contributed by atoms with Crippen molar-refractivity contribution in [2.24, 2.45) is 5.92 Å². The molecule has 112 valence electrons. The van der Waals surface area contributed by atoms with Gasteiger partial charge in [0, 0.05) is 13.1 Å². The Morgan fingerprint density at radius 2 is 2.33 bits per heavy atom. The molecule has 0 aliphatic carbocycles. The van der Waals surface area contributed by atoms with Crippen LogP contribution in [0.5, 0.6) is 5.75 Å². The van der Waals surface area contributed by atoms with Gasteiger partial charge in [0.15, 0.2) is 6.61 Å². The molecule has 1 unspecified atom stereocenters. The molecule has 2 aliphatic heterocycles. The summed E-state index contributed by atoms with van der Waals surface area (Å²) in [6.07, 6.45) is 2.66. The second-order valence-corrected chi connectivity index (χ2v) is 5.93. The number of carbonyl (C=O) groups is 2. The molecule has 3 rings (SSSR count). The molecule has 1 aromatic rings. The molecule has 0 bridgehead atoms. The number of amides is 2. The molecule has 5 heteroatoms. The van der Waals surface area contributed by atoms with Crippen molar-refractivity contribution in [2.75, 3.05) is 25.0 Å². The molecule has 0 radical (unpaired) electrons. The topological polar surface area (TPSA) is 58.6 Å². The van der Waals surface area contributed by atoms with Crippen LogP contribution in [0, 0.1) is 5.92 Å². The van der Waals surface area contributed by atoms with E-state index in [9.17, 15) is 9.59 Å². The third-order valence-electron chi connectivity index (χ3n) is 4.04. The Morgan fingerprint density at radius 1 is 1.48 bits per heavy atom. The Balaban J connectivity index is 1.68. The normalized spacial score (nSPS) is 21.3. The molecule has 1 saturated heterocycles. The van der Waals surface area contributed by atoms with Crippen LogP contribution in [0.15, 0.2) is 18.2 Å². The van der Waals surface area contributed by atoms with Crippen LogP contribution in [0.4, 0.5) is 5.69 Å². The summed E-state index contributed by atoms with van der Waals surface area (Å²) in [4.78, 5) is 25.6. The Hall–Kier alpha value is -2.04. The molecule has 2 heterocycles. The first-order chi connectivity index (χ1) is 10.1. The van der Waals surface area contributed by atoms with E-state index in [1.54, 1.807) is 0 Å². The highest BCUT2D eigenvalue weighted by Crippen LogP contribution is 2.29. The Bertz CT molecular complexity index is 571. The van der Waals surface area contributed by atoms with E-state index in [2.05, 4.69) is 12.2 Å². The predicted octanol–water partition coefficient (Wildman–Crippen LogP) is 1.82. The molecule has 0 spiro atoms. The third-order valence-corrected chi connectivity index (χ3v) is 4.04. The first-order valence-electron chi connectivity index (χ1n) is 7.45. The maximum Gasteiger partial charge on any atom is 0.262 e. The first-order valence-corrected chi connectivity index (χ1v) is 7.45. The van der Waals surface area contributed by atoms with Gasteiger partial charge in [-0.15, -0.1) is 0 Å². The van der Waals surface area contributed by atoms with Crippen LogP contribution in [0.25, 0.3) is 0 Å². The van der Waals surface area contributed by atoms with Crippen molar-refractivity contribution in [3.63, 3.8) is 0 Å². The van der Waals surface area contributed by atoms with Gasteiger partial charge < -0.3 is 15.0 Å². The van der Waals surface area contributed by atoms with Crippen LogP contribution in [-0.2, 0) is 16.0 Å². The maximum absolute atomic E-state index is 12.4. The van der Waals surface area contributed by atoms with E-state index in [0.29, 0.717) is 23.8 Å². The summed E-state index contributed by atoms with van der Waals surface area (Å²) in [5, 5.41) is 2.77. The number of nitrogens with zero attached hydrogens (tertiary/aromatic N) is 1. The minimum atomic E-state index is -0.157. The summed E-state index contributed by atoms with van der Waals surface area (Å²) in [5.41, 5.74) is 1.56. The monoisotopic (exact) mass is 288 g/mol. The first kappa shape index (κ1) is 13.9. The highest BCUT2D eigenvalue weighted by Gasteiger charge is 2.22. The van der Waals surface area contributed by atoms with Gasteiger partial charge in [0.2, 0.25) is 5.91 Å². The van der Waals surface area contributed by atoms with Crippen LogP contribution < -0.4 is 10.1 Å². The number of benzene rings is 1. The Kier molecular flexibility index (Phi) is 3.82. The Labute approximate surface area is 124 Å². The van der Waals surface area contributed by atoms with E-state index in [-0.39, 0.29) is 18.4 Å². The molecule has 5 nitrogen and oxygen atoms in total. The highest BCUT2D eigenvalue weighted by atomic mass is 16.5. The molecule has 1 atom stereocenters. The minimum absolute atomic E-state index is 0.0525. The van der Waals surface area contributed by atoms with Gasteiger partial charge in [-0.25, -0.2) is 0 Å². The van der Waals surface area contributed by atoms with Crippen LogP contribution in [0.3, 0.4) is 0 Å². The second-order valence-electron chi connectivity index (χ2n) is 5.93. The molecular weight excluding hydrogens is 268 g/mol. The van der Waals surface area contributed by atoms with Crippen molar-refractivity contribution < 1.29 is 14.3 Å². The van der Waals surface area contributed by atoms with Crippen molar-refractivity contribution in [3.05, 3.63) is 23.8 Å². The van der Waals surface area contributed by atoms with Crippen molar-refractivity contribution in [1.82, 2.24) is 4.90 Å². The molecule has 2 amide bonds. The number of hydrogen-bond donors (Lipinski definition) is 1. The number of carbonyl (C=O) groups excluding carboxylic acids is 2. The summed E-state index contributed by atoms with van der Waals surface area (Å²) in [6.45, 7) is 3.94. The van der Waals surface area contributed by atoms with Crippen molar-refractivity contribution >= 4 is 17.5 Å². The smallest absolute Gasteiger partial charge is 0.262 e. The van der Waals surface area contributed by atoms with Crippen LogP contribution >= 0.6 is 0 Å². The van der Waals surface area contributed by atoms with Crippen LogP contribution in [0.2, 0.25) is 0 Å². The molecule has 2 aliphatic rings. The lowest BCUT2D eigenvalue weighted by atomic mass is 9.99. The molecule has 0 aromatic heterocycles. The SMILES string of the molecule is CC1CCCN(C(=O)Cc2ccc3c(c2)NC(=O)CO3)C1. The molecule has 1 aromatic carbocycles. The lowest BCUT2D eigenvalue weighted by Crippen LogP contribution is -2.39. The zero-order valence-corrected chi connectivity index (χ0v) is 12.2. The van der Waals surface area contributed by atoms with Crippen molar-refractivity contribution in [1.29, 1.82) is 0 Å². The Morgan fingerprint density at radius 3 is 3.14 bits per heavy atom. The van der Waals surface area contributed by atoms with Gasteiger partial charge in [-0.05, 0) is 36.5 Å². The van der Waals surface area contributed by atoms with Gasteiger partial charge in [-0.2, -0.15) is 0 Å². The summed E-state index contributed by atoms with van der Waals surface area (Å²) in [6, 6.07) is 5.54. The molecular formula is C16H20N2O3. The van der Waals surface area contributed by atoms with Crippen molar-refractivity contribution in [3.8, 4) is 5.75 Å². The number of piperidine rings is 1. The maximum atomic E-state index is 12.4. The van der Waals surface area contributed by atoms with Gasteiger partial charge in [0.25, 0.3) is 5.91 Å². The lowest BCUT2D eigenvalue weighted by Gasteiger charge is -2.31. The number of fused-ring (bicyclic) bond motifs is 1. The van der Waals surface area contributed by atoms with E-state index < -0.39 is 0 Å². The van der Waals surface area contributed by atoms with E-state index in [0.717, 1.165) is 25.1 Å². The fourth-order valence-corrected chi connectivity index (χ4v) is 2.94. The van der Waals surface area contributed by atoms with Gasteiger partial charge in [-0.1, -0.05) is 13.0 Å². The third kappa shape index (κ3) is 3.17. The van der Waals surface area contributed by atoms with Gasteiger partial charge in [-0.3, -0.25) is 9.59 Å². The fourth-order valence-electron chi connectivity index (χ4n) is 2.94. The van der Waals surface area contributed by atoms with Crippen LogP contribution in [0.1, 0.15) is 25.3 Å². The fraction of sp³-hybridized carbons (Fsp3) is 0.500. The summed E-state index contributed by atoms with van der Waals surface area (Å²) in [7, 11) is 0. The molecule has 0 saturated carbocycles. The number of hydrogen-bond acceptors (Lipinski definition) is 3. The zero-order chi connectivity index (χ0) is 14.8. The molecule has 1 fully saturated rings. The van der Waals surface area contributed by atoms with Gasteiger partial charge >= 0.3 is 0 Å². The molecule has 21 heavy (non-hydrogen) atoms. The standard InChI is InChI=1S/C16H20N2O3/c1-11-3-2-6-18(9-11)16(20)8-12-4-5-14-13(7-12)17-15(19)10-21-14/h4-5,7,11H,2-3,6,8-10H2,1H3,(H,17,19). The lowest BCUT2D eigenvalue weighted by molar-refractivity contribution is -0.132. The number of ether oxygens (including phenoxy) is 1. The zero-order valence-electron chi connectivity index (χ0n) is 12.2. The molecule has 1 N–H and O–H groups in total. The van der Waals surface area contributed by atoms with Crippen molar-refractivity contribution in [2.45, 2.75) is 26.2 Å². The van der Waals surface area contributed by atoms with E-state index in [4.69, 9.17) is 4.74 Å². The number of nitrogens with one attached hydrogen (secondary N) is 1. The summed E-state index contributed by atoms with van der Waals surface area (Å²) in [5.74, 6) is 1.25. The average molecular weight is 288 g/mol. The van der Waals surface area contributed by atoms with Gasteiger partial charge in [0.1, 0.15) is 5.75 Å². The highest BCUT2D eigenvalue weighted by molar-refractivity contribution is 5.95. The largest absolute Gasteiger partial charge is 0.482 e. The quantitative estimate of drug-likeness (QED) is 0.903. The summed E-state index contributed by atoms with van der Waals surface area (Å²) < 4.78 is 5.32. The number of likely N-dealkylation sites (tertiary alicyclic amines) is 1. The number of rotatable bonds is 2. The number of anilines is 1. The average Bonchev–Trinajstić information content (AvgIpc) is 2.46. The van der Waals surface area contributed by atoms with E-state index in [1.807, 2.05) is 23.1 Å². The van der Waals surface area contributed by atoms with Crippen LogP contribution in [-0.4, -0.2) is 36.4 Å². The van der Waals surface area contributed by atoms with Gasteiger partial charge in [0.05, 0.1) is 12.1 Å². The van der Waals surface area contributed by atoms with E-state index in [1.165, 1.54) is 6.42 Å². The predicted molar refractivity (Wildman–Crippen MR) is 79.2 cm³/mol. The minimum Gasteiger partial charge on any atom is -0.482 e. The second kappa shape index (κ2) is 5.76. The summed E-state index contributed by atoms with van der Waals surface area (Å²) >= 11 is 0.